The van der Waals surface area contributed by atoms with Gasteiger partial charge in [-0.3, -0.25) is 4.79 Å². The van der Waals surface area contributed by atoms with E-state index in [0.717, 1.165) is 17.5 Å². The summed E-state index contributed by atoms with van der Waals surface area (Å²) in [7, 11) is 0. The lowest BCUT2D eigenvalue weighted by Crippen LogP contribution is -2.35. The summed E-state index contributed by atoms with van der Waals surface area (Å²) in [6, 6.07) is 3.54. The van der Waals surface area contributed by atoms with E-state index in [1.807, 2.05) is 6.92 Å². The number of carbonyl (C=O) groups excluding carboxylic acids is 1. The molecule has 0 bridgehead atoms. The lowest BCUT2D eigenvalue weighted by atomic mass is 9.97. The number of nitrogens with zero attached hydrogens (tertiary/aromatic N) is 2. The van der Waals surface area contributed by atoms with Gasteiger partial charge < -0.3 is 10.6 Å². The average molecular weight is 435 g/mol. The van der Waals surface area contributed by atoms with Gasteiger partial charge in [-0.05, 0) is 24.1 Å². The number of amides is 1. The van der Waals surface area contributed by atoms with Crippen molar-refractivity contribution in [1.82, 2.24) is 15.1 Å². The molecule has 2 N–H and O–H groups in total. The minimum Gasteiger partial charge on any atom is -0.363 e. The number of aromatic nitrogens is 2. The van der Waals surface area contributed by atoms with Crippen molar-refractivity contribution in [2.24, 2.45) is 0 Å². The Hall–Kier alpha value is -1.93. The highest BCUT2D eigenvalue weighted by Crippen LogP contribution is 2.44. The van der Waals surface area contributed by atoms with Crippen molar-refractivity contribution in [1.29, 1.82) is 0 Å². The van der Waals surface area contributed by atoms with Crippen molar-refractivity contribution >= 4 is 34.9 Å². The van der Waals surface area contributed by atoms with Gasteiger partial charge in [0.05, 0.1) is 16.1 Å². The zero-order chi connectivity index (χ0) is 20.5. The topological polar surface area (TPSA) is 59.0 Å². The second kappa shape index (κ2) is 8.21. The maximum atomic E-state index is 13.7. The Bertz CT molecular complexity index is 869. The molecule has 0 spiro atoms. The quantitative estimate of drug-likeness (QED) is 0.620. The second-order valence-electron chi connectivity index (χ2n) is 6.63. The molecule has 0 unspecified atom stereocenters. The number of fused-ring (bicyclic) bond motifs is 1. The van der Waals surface area contributed by atoms with E-state index < -0.39 is 24.2 Å². The van der Waals surface area contributed by atoms with Crippen LogP contribution in [-0.2, 0) is 0 Å². The van der Waals surface area contributed by atoms with E-state index >= 15 is 0 Å². The SMILES string of the molecule is CCCCNC(=O)c1cc2n(n1)[C@@H](C(F)(F)F)C[C@H](c1ccc(Cl)c(Cl)c1)N2. The van der Waals surface area contributed by atoms with E-state index in [1.165, 1.54) is 6.07 Å². The molecule has 1 aliphatic rings. The summed E-state index contributed by atoms with van der Waals surface area (Å²) in [5.41, 5.74) is 0.521. The van der Waals surface area contributed by atoms with Crippen LogP contribution in [0.2, 0.25) is 10.0 Å². The van der Waals surface area contributed by atoms with Gasteiger partial charge in [0.1, 0.15) is 5.82 Å². The van der Waals surface area contributed by atoms with Gasteiger partial charge in [0.2, 0.25) is 0 Å². The Morgan fingerprint density at radius 3 is 2.71 bits per heavy atom. The largest absolute Gasteiger partial charge is 0.410 e. The van der Waals surface area contributed by atoms with Crippen LogP contribution < -0.4 is 10.6 Å². The normalized spacial score (nSPS) is 19.1. The Labute approximate surface area is 170 Å². The lowest BCUT2D eigenvalue weighted by molar-refractivity contribution is -0.173. The van der Waals surface area contributed by atoms with E-state index in [4.69, 9.17) is 23.2 Å². The Balaban J connectivity index is 1.91. The van der Waals surface area contributed by atoms with Crippen LogP contribution in [0.15, 0.2) is 24.3 Å². The van der Waals surface area contributed by atoms with Crippen molar-refractivity contribution in [2.75, 3.05) is 11.9 Å². The molecule has 1 aromatic carbocycles. The molecule has 3 rings (SSSR count). The first-order valence-electron chi connectivity index (χ1n) is 8.86. The molecule has 2 heterocycles. The van der Waals surface area contributed by atoms with Crippen LogP contribution in [0.25, 0.3) is 0 Å². The molecular formula is C18H19Cl2F3N4O. The fraction of sp³-hybridized carbons (Fsp3) is 0.444. The molecule has 5 nitrogen and oxygen atoms in total. The first-order chi connectivity index (χ1) is 13.2. The highest BCUT2D eigenvalue weighted by molar-refractivity contribution is 6.42. The van der Waals surface area contributed by atoms with Crippen LogP contribution in [0, 0.1) is 0 Å². The van der Waals surface area contributed by atoms with E-state index in [1.54, 1.807) is 18.2 Å². The monoisotopic (exact) mass is 434 g/mol. The van der Waals surface area contributed by atoms with Crippen molar-refractivity contribution in [3.8, 4) is 0 Å². The van der Waals surface area contributed by atoms with Crippen LogP contribution in [0.4, 0.5) is 19.0 Å². The Morgan fingerprint density at radius 1 is 1.32 bits per heavy atom. The van der Waals surface area contributed by atoms with Crippen LogP contribution in [-0.4, -0.2) is 28.4 Å². The van der Waals surface area contributed by atoms with Crippen LogP contribution >= 0.6 is 23.2 Å². The molecule has 0 saturated heterocycles. The predicted molar refractivity (Wildman–Crippen MR) is 102 cm³/mol. The lowest BCUT2D eigenvalue weighted by Gasteiger charge is -2.33. The van der Waals surface area contributed by atoms with E-state index in [-0.39, 0.29) is 23.0 Å². The summed E-state index contributed by atoms with van der Waals surface area (Å²) in [6.45, 7) is 2.42. The van der Waals surface area contributed by atoms with Crippen LogP contribution in [0.1, 0.15) is 54.3 Å². The maximum absolute atomic E-state index is 13.7. The standard InChI is InChI=1S/C18H19Cl2F3N4O/c1-2-3-6-24-17(28)14-9-16-25-13(10-4-5-11(19)12(20)7-10)8-15(18(21,22)23)27(16)26-14/h4-5,7,9,13,15,25H,2-3,6,8H2,1H3,(H,24,28)/t13-,15-/m1/s1. The second-order valence-corrected chi connectivity index (χ2v) is 7.45. The summed E-state index contributed by atoms with van der Waals surface area (Å²) in [5, 5.41) is 10.2. The summed E-state index contributed by atoms with van der Waals surface area (Å²) >= 11 is 11.9. The number of halogens is 5. The molecule has 1 amide bonds. The molecular weight excluding hydrogens is 416 g/mol. The molecule has 0 aliphatic carbocycles. The molecule has 152 valence electrons. The van der Waals surface area contributed by atoms with Gasteiger partial charge in [0.15, 0.2) is 11.7 Å². The van der Waals surface area contributed by atoms with Gasteiger partial charge in [0, 0.05) is 19.0 Å². The maximum Gasteiger partial charge on any atom is 0.410 e. The minimum atomic E-state index is -4.52. The molecule has 1 aromatic heterocycles. The Morgan fingerprint density at radius 2 is 2.07 bits per heavy atom. The fourth-order valence-corrected chi connectivity index (χ4v) is 3.41. The minimum absolute atomic E-state index is 0.0531. The number of unbranched alkanes of at least 4 members (excludes halogenated alkanes) is 1. The molecule has 2 atom stereocenters. The van der Waals surface area contributed by atoms with Gasteiger partial charge in [-0.1, -0.05) is 42.6 Å². The molecule has 28 heavy (non-hydrogen) atoms. The van der Waals surface area contributed by atoms with Crippen molar-refractivity contribution < 1.29 is 18.0 Å². The number of anilines is 1. The number of benzene rings is 1. The third-order valence-electron chi connectivity index (χ3n) is 4.58. The summed E-state index contributed by atoms with van der Waals surface area (Å²) in [4.78, 5) is 12.2. The van der Waals surface area contributed by atoms with E-state index in [2.05, 4.69) is 15.7 Å². The predicted octanol–water partition coefficient (Wildman–Crippen LogP) is 5.38. The van der Waals surface area contributed by atoms with E-state index in [0.29, 0.717) is 17.1 Å². The van der Waals surface area contributed by atoms with E-state index in [9.17, 15) is 18.0 Å². The molecule has 10 heteroatoms. The van der Waals surface area contributed by atoms with Crippen molar-refractivity contribution in [3.05, 3.63) is 45.6 Å². The number of hydrogen-bond donors (Lipinski definition) is 2. The fourth-order valence-electron chi connectivity index (χ4n) is 3.10. The third-order valence-corrected chi connectivity index (χ3v) is 5.32. The highest BCUT2D eigenvalue weighted by Gasteiger charge is 2.46. The molecule has 0 radical (unpaired) electrons. The summed E-state index contributed by atoms with van der Waals surface area (Å²) in [6.07, 6.45) is -3.13. The Kier molecular flexibility index (Phi) is 6.09. The molecule has 0 fully saturated rings. The smallest absolute Gasteiger partial charge is 0.363 e. The average Bonchev–Trinajstić information content (AvgIpc) is 3.06. The van der Waals surface area contributed by atoms with Gasteiger partial charge in [-0.15, -0.1) is 0 Å². The molecule has 1 aliphatic heterocycles. The number of hydrogen-bond acceptors (Lipinski definition) is 3. The van der Waals surface area contributed by atoms with Crippen LogP contribution in [0.5, 0.6) is 0 Å². The van der Waals surface area contributed by atoms with Crippen LogP contribution in [0.3, 0.4) is 0 Å². The summed E-state index contributed by atoms with van der Waals surface area (Å²) < 4.78 is 41.9. The van der Waals surface area contributed by atoms with Gasteiger partial charge in [-0.25, -0.2) is 4.68 Å². The van der Waals surface area contributed by atoms with Gasteiger partial charge in [0.25, 0.3) is 5.91 Å². The third kappa shape index (κ3) is 4.38. The number of rotatable bonds is 5. The van der Waals surface area contributed by atoms with Crippen molar-refractivity contribution in [2.45, 2.75) is 44.4 Å². The number of alkyl halides is 3. The van der Waals surface area contributed by atoms with Gasteiger partial charge >= 0.3 is 6.18 Å². The number of carbonyl (C=O) groups is 1. The zero-order valence-corrected chi connectivity index (χ0v) is 16.5. The van der Waals surface area contributed by atoms with Crippen molar-refractivity contribution in [3.63, 3.8) is 0 Å². The zero-order valence-electron chi connectivity index (χ0n) is 15.0. The first-order valence-corrected chi connectivity index (χ1v) is 9.62. The highest BCUT2D eigenvalue weighted by atomic mass is 35.5. The molecule has 2 aromatic rings. The molecule has 0 saturated carbocycles. The first kappa shape index (κ1) is 20.8. The summed E-state index contributed by atoms with van der Waals surface area (Å²) in [5.74, 6) is -0.366. The van der Waals surface area contributed by atoms with Gasteiger partial charge in [-0.2, -0.15) is 18.3 Å². The number of nitrogens with one attached hydrogen (secondary N) is 2.